The summed E-state index contributed by atoms with van der Waals surface area (Å²) in [5.41, 5.74) is 1.22. The molecule has 0 spiro atoms. The Labute approximate surface area is 194 Å². The highest BCUT2D eigenvalue weighted by atomic mass is 19.1. The van der Waals surface area contributed by atoms with E-state index in [-0.39, 0.29) is 24.0 Å². The summed E-state index contributed by atoms with van der Waals surface area (Å²) in [6.07, 6.45) is 0. The lowest BCUT2D eigenvalue weighted by atomic mass is 9.86. The Kier molecular flexibility index (Phi) is 6.35. The summed E-state index contributed by atoms with van der Waals surface area (Å²) in [6.45, 7) is 6.01. The summed E-state index contributed by atoms with van der Waals surface area (Å²) < 4.78 is 15.0. The second kappa shape index (κ2) is 9.38. The van der Waals surface area contributed by atoms with Crippen molar-refractivity contribution in [2.24, 2.45) is 5.41 Å². The SMILES string of the molecule is CC(C)(C)[C@H](NC(=O)c1nn(Cc2ccc(F)cc2)c2ccccc12)C(=O)NCc1nn[nH]n1. The molecule has 1 atom stereocenters. The van der Waals surface area contributed by atoms with Crippen LogP contribution in [-0.2, 0) is 17.9 Å². The topological polar surface area (TPSA) is 130 Å². The van der Waals surface area contributed by atoms with E-state index in [1.807, 2.05) is 39.0 Å². The number of benzene rings is 2. The highest BCUT2D eigenvalue weighted by molar-refractivity contribution is 6.06. The van der Waals surface area contributed by atoms with E-state index in [9.17, 15) is 14.0 Å². The monoisotopic (exact) mass is 464 g/mol. The first-order valence-corrected chi connectivity index (χ1v) is 10.7. The number of fused-ring (bicyclic) bond motifs is 1. The predicted molar refractivity (Wildman–Crippen MR) is 122 cm³/mol. The number of aromatic amines is 1. The van der Waals surface area contributed by atoms with Crippen molar-refractivity contribution in [3.05, 3.63) is 71.4 Å². The van der Waals surface area contributed by atoms with Crippen molar-refractivity contribution >= 4 is 22.7 Å². The Bertz CT molecular complexity index is 1290. The molecule has 2 aromatic carbocycles. The Morgan fingerprint density at radius 3 is 2.53 bits per heavy atom. The number of aromatic nitrogens is 6. The minimum Gasteiger partial charge on any atom is -0.347 e. The number of tetrazole rings is 1. The molecule has 0 unspecified atom stereocenters. The van der Waals surface area contributed by atoms with Gasteiger partial charge in [-0.1, -0.05) is 56.3 Å². The highest BCUT2D eigenvalue weighted by Gasteiger charge is 2.34. The molecule has 0 aliphatic rings. The molecule has 4 rings (SSSR count). The van der Waals surface area contributed by atoms with Gasteiger partial charge in [0, 0.05) is 5.39 Å². The Balaban J connectivity index is 1.58. The summed E-state index contributed by atoms with van der Waals surface area (Å²) in [4.78, 5) is 26.2. The van der Waals surface area contributed by atoms with Gasteiger partial charge < -0.3 is 10.6 Å². The number of H-pyrrole nitrogens is 1. The van der Waals surface area contributed by atoms with Crippen LogP contribution in [0.3, 0.4) is 0 Å². The first-order chi connectivity index (χ1) is 16.2. The van der Waals surface area contributed by atoms with Crippen molar-refractivity contribution in [3.8, 4) is 0 Å². The third kappa shape index (κ3) is 5.08. The maximum atomic E-state index is 13.3. The van der Waals surface area contributed by atoms with Gasteiger partial charge in [0.2, 0.25) is 5.91 Å². The van der Waals surface area contributed by atoms with E-state index < -0.39 is 17.4 Å². The standard InChI is InChI=1S/C23H25FN8O2/c1-23(2,3)20(22(34)25-12-18-27-30-31-28-18)26-21(33)19-16-6-4-5-7-17(16)32(29-19)13-14-8-10-15(24)11-9-14/h4-11,20H,12-13H2,1-3H3,(H,25,34)(H,26,33)(H,27,28,30,31)/t20-/m1/s1. The summed E-state index contributed by atoms with van der Waals surface area (Å²) in [7, 11) is 0. The fourth-order valence-electron chi connectivity index (χ4n) is 3.58. The predicted octanol–water partition coefficient (Wildman–Crippen LogP) is 2.20. The summed E-state index contributed by atoms with van der Waals surface area (Å²) >= 11 is 0. The molecule has 0 bridgehead atoms. The first kappa shape index (κ1) is 23.0. The number of carbonyl (C=O) groups excluding carboxylic acids is 2. The Morgan fingerprint density at radius 2 is 1.85 bits per heavy atom. The Morgan fingerprint density at radius 1 is 1.12 bits per heavy atom. The number of nitrogens with one attached hydrogen (secondary N) is 3. The quantitative estimate of drug-likeness (QED) is 0.384. The van der Waals surface area contributed by atoms with Crippen molar-refractivity contribution < 1.29 is 14.0 Å². The third-order valence-corrected chi connectivity index (χ3v) is 5.33. The molecule has 34 heavy (non-hydrogen) atoms. The van der Waals surface area contributed by atoms with Crippen molar-refractivity contribution in [2.45, 2.75) is 39.9 Å². The lowest BCUT2D eigenvalue weighted by molar-refractivity contribution is -0.125. The van der Waals surface area contributed by atoms with Crippen LogP contribution in [0.15, 0.2) is 48.5 Å². The maximum Gasteiger partial charge on any atom is 0.273 e. The average molecular weight is 465 g/mol. The maximum absolute atomic E-state index is 13.3. The second-order valence-electron chi connectivity index (χ2n) is 8.97. The zero-order valence-corrected chi connectivity index (χ0v) is 19.0. The average Bonchev–Trinajstić information content (AvgIpc) is 3.45. The number of para-hydroxylation sites is 1. The molecule has 11 heteroatoms. The molecule has 2 heterocycles. The molecule has 176 valence electrons. The van der Waals surface area contributed by atoms with Crippen LogP contribution in [-0.4, -0.2) is 48.3 Å². The molecule has 2 amide bonds. The second-order valence-corrected chi connectivity index (χ2v) is 8.97. The van der Waals surface area contributed by atoms with Gasteiger partial charge in [0.15, 0.2) is 11.5 Å². The van der Waals surface area contributed by atoms with E-state index in [4.69, 9.17) is 0 Å². The molecule has 3 N–H and O–H groups in total. The van der Waals surface area contributed by atoms with Crippen molar-refractivity contribution in [1.82, 2.24) is 41.0 Å². The van der Waals surface area contributed by atoms with Crippen molar-refractivity contribution in [1.29, 1.82) is 0 Å². The fraction of sp³-hybridized carbons (Fsp3) is 0.304. The molecular weight excluding hydrogens is 439 g/mol. The molecule has 4 aromatic rings. The summed E-state index contributed by atoms with van der Waals surface area (Å²) in [5.74, 6) is -0.831. The largest absolute Gasteiger partial charge is 0.347 e. The van der Waals surface area contributed by atoms with E-state index in [1.165, 1.54) is 12.1 Å². The number of nitrogens with zero attached hydrogens (tertiary/aromatic N) is 5. The van der Waals surface area contributed by atoms with E-state index in [0.29, 0.717) is 17.8 Å². The van der Waals surface area contributed by atoms with Crippen molar-refractivity contribution in [3.63, 3.8) is 0 Å². The fourth-order valence-corrected chi connectivity index (χ4v) is 3.58. The molecule has 10 nitrogen and oxygen atoms in total. The molecule has 0 aliphatic carbocycles. The molecular formula is C23H25FN8O2. The van der Waals surface area contributed by atoms with Gasteiger partial charge in [-0.25, -0.2) is 4.39 Å². The molecule has 0 saturated heterocycles. The van der Waals surface area contributed by atoms with Crippen LogP contribution in [0.25, 0.3) is 10.9 Å². The molecule has 0 saturated carbocycles. The van der Waals surface area contributed by atoms with Crippen LogP contribution in [0.4, 0.5) is 4.39 Å². The van der Waals surface area contributed by atoms with Crippen LogP contribution in [0.2, 0.25) is 0 Å². The van der Waals surface area contributed by atoms with Crippen LogP contribution < -0.4 is 10.6 Å². The Hall–Kier alpha value is -4.15. The van der Waals surface area contributed by atoms with E-state index in [2.05, 4.69) is 36.4 Å². The lowest BCUT2D eigenvalue weighted by Crippen LogP contribution is -2.53. The minimum absolute atomic E-state index is 0.0764. The normalized spacial score (nSPS) is 12.5. The number of halogens is 1. The summed E-state index contributed by atoms with van der Waals surface area (Å²) in [5, 5.41) is 24.2. The number of hydrogen-bond donors (Lipinski definition) is 3. The number of amides is 2. The van der Waals surface area contributed by atoms with E-state index in [0.717, 1.165) is 11.1 Å². The number of hydrogen-bond acceptors (Lipinski definition) is 6. The van der Waals surface area contributed by atoms with Crippen LogP contribution in [0.5, 0.6) is 0 Å². The highest BCUT2D eigenvalue weighted by Crippen LogP contribution is 2.23. The zero-order chi connectivity index (χ0) is 24.3. The third-order valence-electron chi connectivity index (χ3n) is 5.33. The van der Waals surface area contributed by atoms with Crippen LogP contribution in [0, 0.1) is 11.2 Å². The van der Waals surface area contributed by atoms with Crippen LogP contribution in [0.1, 0.15) is 42.6 Å². The van der Waals surface area contributed by atoms with Gasteiger partial charge in [-0.3, -0.25) is 14.3 Å². The van der Waals surface area contributed by atoms with E-state index >= 15 is 0 Å². The zero-order valence-electron chi connectivity index (χ0n) is 19.0. The van der Waals surface area contributed by atoms with Crippen LogP contribution >= 0.6 is 0 Å². The van der Waals surface area contributed by atoms with Gasteiger partial charge in [0.05, 0.1) is 18.6 Å². The molecule has 0 fully saturated rings. The lowest BCUT2D eigenvalue weighted by Gasteiger charge is -2.30. The smallest absolute Gasteiger partial charge is 0.273 e. The molecule has 0 aliphatic heterocycles. The van der Waals surface area contributed by atoms with Gasteiger partial charge in [0.1, 0.15) is 11.9 Å². The van der Waals surface area contributed by atoms with Crippen molar-refractivity contribution in [2.75, 3.05) is 0 Å². The van der Waals surface area contributed by atoms with E-state index in [1.54, 1.807) is 22.9 Å². The van der Waals surface area contributed by atoms with Gasteiger partial charge in [-0.05, 0) is 29.2 Å². The summed E-state index contributed by atoms with van der Waals surface area (Å²) in [6, 6.07) is 12.6. The molecule has 2 aromatic heterocycles. The number of rotatable bonds is 7. The molecule has 0 radical (unpaired) electrons. The first-order valence-electron chi connectivity index (χ1n) is 10.7. The van der Waals surface area contributed by atoms with Gasteiger partial charge in [-0.15, -0.1) is 10.2 Å². The number of carbonyl (C=O) groups is 2. The van der Waals surface area contributed by atoms with Gasteiger partial charge in [0.25, 0.3) is 5.91 Å². The van der Waals surface area contributed by atoms with Gasteiger partial charge in [-0.2, -0.15) is 10.3 Å². The minimum atomic E-state index is -0.840. The van der Waals surface area contributed by atoms with Gasteiger partial charge >= 0.3 is 0 Å².